The highest BCUT2D eigenvalue weighted by molar-refractivity contribution is 5.86. The molecule has 6 heteroatoms. The summed E-state index contributed by atoms with van der Waals surface area (Å²) in [5, 5.41) is 8.68. The van der Waals surface area contributed by atoms with E-state index in [1.165, 1.54) is 12.4 Å². The lowest BCUT2D eigenvalue weighted by Gasteiger charge is -2.25. The molecule has 1 saturated heterocycles. The van der Waals surface area contributed by atoms with E-state index in [1.807, 2.05) is 4.90 Å². The third-order valence-electron chi connectivity index (χ3n) is 2.49. The smallest absolute Gasteiger partial charge is 0.338 e. The minimum atomic E-state index is -1.04. The van der Waals surface area contributed by atoms with Gasteiger partial charge in [-0.25, -0.2) is 14.8 Å². The standard InChI is InChI=1S/C10H11N3O3/c14-8-1-3-13(4-2-8)10-11-5-7(6-12-10)9(15)16/h5-6H,1-4H2,(H,15,16). The molecule has 1 fully saturated rings. The second-order valence-corrected chi connectivity index (χ2v) is 3.60. The van der Waals surface area contributed by atoms with Crippen LogP contribution < -0.4 is 4.90 Å². The SMILES string of the molecule is O=C1CCN(c2ncc(C(=O)O)cn2)CC1. The van der Waals surface area contributed by atoms with Crippen LogP contribution >= 0.6 is 0 Å². The molecule has 1 aromatic rings. The zero-order valence-electron chi connectivity index (χ0n) is 8.59. The summed E-state index contributed by atoms with van der Waals surface area (Å²) < 4.78 is 0. The minimum absolute atomic E-state index is 0.0665. The highest BCUT2D eigenvalue weighted by atomic mass is 16.4. The molecular weight excluding hydrogens is 210 g/mol. The number of carbonyl (C=O) groups is 2. The summed E-state index contributed by atoms with van der Waals surface area (Å²) in [7, 11) is 0. The second kappa shape index (κ2) is 4.26. The normalized spacial score (nSPS) is 16.2. The van der Waals surface area contributed by atoms with Gasteiger partial charge in [-0.2, -0.15) is 0 Å². The topological polar surface area (TPSA) is 83.4 Å². The van der Waals surface area contributed by atoms with Crippen LogP contribution in [0.3, 0.4) is 0 Å². The molecule has 0 bridgehead atoms. The van der Waals surface area contributed by atoms with Crippen LogP contribution in [0.1, 0.15) is 23.2 Å². The van der Waals surface area contributed by atoms with Gasteiger partial charge >= 0.3 is 5.97 Å². The van der Waals surface area contributed by atoms with Gasteiger partial charge in [0.25, 0.3) is 0 Å². The maximum atomic E-state index is 11.0. The van der Waals surface area contributed by atoms with Gasteiger partial charge in [0.2, 0.25) is 5.95 Å². The molecule has 1 aromatic heterocycles. The maximum absolute atomic E-state index is 11.0. The molecule has 0 aliphatic carbocycles. The number of Topliss-reactive ketones (excluding diaryl/α,β-unsaturated/α-hetero) is 1. The number of hydrogen-bond donors (Lipinski definition) is 1. The van der Waals surface area contributed by atoms with Crippen LogP contribution in [-0.4, -0.2) is 39.9 Å². The Balaban J connectivity index is 2.10. The van der Waals surface area contributed by atoms with E-state index in [0.29, 0.717) is 31.9 Å². The number of aromatic carboxylic acids is 1. The lowest BCUT2D eigenvalue weighted by Crippen LogP contribution is -2.34. The van der Waals surface area contributed by atoms with Gasteiger partial charge in [0, 0.05) is 38.3 Å². The maximum Gasteiger partial charge on any atom is 0.338 e. The number of nitrogens with zero attached hydrogens (tertiary/aromatic N) is 3. The van der Waals surface area contributed by atoms with Crippen LogP contribution in [0.5, 0.6) is 0 Å². The van der Waals surface area contributed by atoms with Crippen LogP contribution in [-0.2, 0) is 4.79 Å². The Kier molecular flexibility index (Phi) is 2.80. The highest BCUT2D eigenvalue weighted by Gasteiger charge is 2.18. The molecule has 1 aliphatic rings. The average Bonchev–Trinajstić information content (AvgIpc) is 2.30. The molecule has 1 aliphatic heterocycles. The van der Waals surface area contributed by atoms with E-state index in [-0.39, 0.29) is 11.3 Å². The fourth-order valence-electron chi connectivity index (χ4n) is 1.55. The predicted octanol–water partition coefficient (Wildman–Crippen LogP) is 0.344. The van der Waals surface area contributed by atoms with Crippen molar-refractivity contribution in [1.82, 2.24) is 9.97 Å². The van der Waals surface area contributed by atoms with E-state index in [1.54, 1.807) is 0 Å². The quantitative estimate of drug-likeness (QED) is 0.775. The Morgan fingerprint density at radius 3 is 2.31 bits per heavy atom. The third-order valence-corrected chi connectivity index (χ3v) is 2.49. The van der Waals surface area contributed by atoms with Crippen LogP contribution in [0.15, 0.2) is 12.4 Å². The van der Waals surface area contributed by atoms with Crippen molar-refractivity contribution in [3.8, 4) is 0 Å². The summed E-state index contributed by atoms with van der Waals surface area (Å²) in [5.74, 6) is -0.309. The van der Waals surface area contributed by atoms with Crippen molar-refractivity contribution < 1.29 is 14.7 Å². The number of carboxylic acid groups (broad SMARTS) is 1. The molecule has 0 spiro atoms. The van der Waals surface area contributed by atoms with Crippen molar-refractivity contribution in [2.24, 2.45) is 0 Å². The van der Waals surface area contributed by atoms with Crippen molar-refractivity contribution in [3.05, 3.63) is 18.0 Å². The van der Waals surface area contributed by atoms with Crippen molar-refractivity contribution in [2.45, 2.75) is 12.8 Å². The first-order valence-corrected chi connectivity index (χ1v) is 4.99. The van der Waals surface area contributed by atoms with Crippen molar-refractivity contribution in [2.75, 3.05) is 18.0 Å². The molecule has 1 N–H and O–H groups in total. The van der Waals surface area contributed by atoms with Gasteiger partial charge < -0.3 is 10.0 Å². The van der Waals surface area contributed by atoms with Crippen molar-refractivity contribution in [1.29, 1.82) is 0 Å². The van der Waals surface area contributed by atoms with E-state index in [0.717, 1.165) is 0 Å². The lowest BCUT2D eigenvalue weighted by atomic mass is 10.1. The molecule has 0 atom stereocenters. The molecule has 16 heavy (non-hydrogen) atoms. The second-order valence-electron chi connectivity index (χ2n) is 3.60. The average molecular weight is 221 g/mol. The Morgan fingerprint density at radius 1 is 1.25 bits per heavy atom. The number of rotatable bonds is 2. The number of ketones is 1. The van der Waals surface area contributed by atoms with Gasteiger partial charge in [-0.3, -0.25) is 4.79 Å². The number of carbonyl (C=O) groups excluding carboxylic acids is 1. The molecule has 6 nitrogen and oxygen atoms in total. The summed E-state index contributed by atoms with van der Waals surface area (Å²) in [5.41, 5.74) is 0.0665. The molecule has 2 rings (SSSR count). The summed E-state index contributed by atoms with van der Waals surface area (Å²) in [6, 6.07) is 0. The van der Waals surface area contributed by atoms with Gasteiger partial charge in [-0.05, 0) is 0 Å². The predicted molar refractivity (Wildman–Crippen MR) is 55.4 cm³/mol. The number of hydrogen-bond acceptors (Lipinski definition) is 5. The van der Waals surface area contributed by atoms with E-state index in [2.05, 4.69) is 9.97 Å². The Labute approximate surface area is 91.9 Å². The molecule has 84 valence electrons. The number of carboxylic acids is 1. The summed E-state index contributed by atoms with van der Waals surface area (Å²) in [4.78, 5) is 31.5. The lowest BCUT2D eigenvalue weighted by molar-refractivity contribution is -0.119. The monoisotopic (exact) mass is 221 g/mol. The first-order valence-electron chi connectivity index (χ1n) is 4.99. The molecule has 2 heterocycles. The molecule has 0 saturated carbocycles. The number of piperidine rings is 1. The fourth-order valence-corrected chi connectivity index (χ4v) is 1.55. The summed E-state index contributed by atoms with van der Waals surface area (Å²) in [6.07, 6.45) is 3.57. The molecule has 0 aromatic carbocycles. The van der Waals surface area contributed by atoms with Gasteiger partial charge in [0.1, 0.15) is 5.78 Å². The minimum Gasteiger partial charge on any atom is -0.478 e. The first kappa shape index (κ1) is 10.5. The zero-order chi connectivity index (χ0) is 11.5. The third kappa shape index (κ3) is 2.16. The van der Waals surface area contributed by atoms with E-state index in [9.17, 15) is 9.59 Å². The van der Waals surface area contributed by atoms with Crippen LogP contribution in [0.25, 0.3) is 0 Å². The Bertz CT molecular complexity index is 406. The number of anilines is 1. The van der Waals surface area contributed by atoms with Gasteiger partial charge in [0.15, 0.2) is 0 Å². The fraction of sp³-hybridized carbons (Fsp3) is 0.400. The molecule has 0 unspecified atom stereocenters. The Morgan fingerprint density at radius 2 is 1.81 bits per heavy atom. The van der Waals surface area contributed by atoms with Gasteiger partial charge in [-0.15, -0.1) is 0 Å². The van der Waals surface area contributed by atoms with E-state index >= 15 is 0 Å². The molecular formula is C10H11N3O3. The molecule has 0 radical (unpaired) electrons. The Hall–Kier alpha value is -1.98. The van der Waals surface area contributed by atoms with Crippen LogP contribution in [0.2, 0.25) is 0 Å². The number of aromatic nitrogens is 2. The largest absolute Gasteiger partial charge is 0.478 e. The van der Waals surface area contributed by atoms with Crippen LogP contribution in [0.4, 0.5) is 5.95 Å². The van der Waals surface area contributed by atoms with E-state index in [4.69, 9.17) is 5.11 Å². The summed E-state index contributed by atoms with van der Waals surface area (Å²) in [6.45, 7) is 1.20. The summed E-state index contributed by atoms with van der Waals surface area (Å²) >= 11 is 0. The molecule has 0 amide bonds. The first-order chi connectivity index (χ1) is 7.66. The van der Waals surface area contributed by atoms with Gasteiger partial charge in [0.05, 0.1) is 5.56 Å². The van der Waals surface area contributed by atoms with E-state index < -0.39 is 5.97 Å². The highest BCUT2D eigenvalue weighted by Crippen LogP contribution is 2.13. The van der Waals surface area contributed by atoms with Gasteiger partial charge in [-0.1, -0.05) is 0 Å². The van der Waals surface area contributed by atoms with Crippen molar-refractivity contribution >= 4 is 17.7 Å². The van der Waals surface area contributed by atoms with Crippen LogP contribution in [0, 0.1) is 0 Å². The zero-order valence-corrected chi connectivity index (χ0v) is 8.59. The van der Waals surface area contributed by atoms with Crippen molar-refractivity contribution in [3.63, 3.8) is 0 Å².